The number of nitrogens with zero attached hydrogens (tertiary/aromatic N) is 3. The molecule has 0 spiro atoms. The van der Waals surface area contributed by atoms with Crippen molar-refractivity contribution in [2.24, 2.45) is 0 Å². The second-order valence-electron chi connectivity index (χ2n) is 9.88. The molecule has 2 aromatic heterocycles. The van der Waals surface area contributed by atoms with Crippen molar-refractivity contribution in [2.75, 3.05) is 0 Å². The van der Waals surface area contributed by atoms with Gasteiger partial charge in [-0.05, 0) is 65.6 Å². The molecule has 196 valence electrons. The lowest BCUT2D eigenvalue weighted by Gasteiger charge is -2.22. The number of carbonyl (C=O) groups is 1. The summed E-state index contributed by atoms with van der Waals surface area (Å²) in [5, 5.41) is 38.7. The van der Waals surface area contributed by atoms with E-state index in [1.54, 1.807) is 30.5 Å². The number of aliphatic hydroxyl groups excluding tert-OH is 2. The molecule has 0 bridgehead atoms. The Balaban J connectivity index is 1.92. The lowest BCUT2D eigenvalue weighted by Crippen LogP contribution is -2.19. The Morgan fingerprint density at radius 2 is 1.95 bits per heavy atom. The van der Waals surface area contributed by atoms with Gasteiger partial charge in [-0.2, -0.15) is 5.26 Å². The van der Waals surface area contributed by atoms with E-state index in [0.29, 0.717) is 12.1 Å². The van der Waals surface area contributed by atoms with Gasteiger partial charge in [0.05, 0.1) is 30.0 Å². The molecule has 0 saturated carbocycles. The van der Waals surface area contributed by atoms with E-state index in [1.807, 2.05) is 19.9 Å². The van der Waals surface area contributed by atoms with Gasteiger partial charge in [0.2, 0.25) is 0 Å². The summed E-state index contributed by atoms with van der Waals surface area (Å²) < 4.78 is 13.9. The van der Waals surface area contributed by atoms with Crippen molar-refractivity contribution in [1.29, 1.82) is 5.26 Å². The summed E-state index contributed by atoms with van der Waals surface area (Å²) in [6, 6.07) is 10.2. The van der Waals surface area contributed by atoms with E-state index in [1.165, 1.54) is 12.1 Å². The number of carboxylic acids is 1. The monoisotopic (exact) mass is 515 g/mol. The zero-order valence-corrected chi connectivity index (χ0v) is 21.4. The summed E-state index contributed by atoms with van der Waals surface area (Å²) in [6.07, 6.45) is 4.46. The van der Waals surface area contributed by atoms with Gasteiger partial charge < -0.3 is 15.3 Å². The van der Waals surface area contributed by atoms with Gasteiger partial charge in [0.1, 0.15) is 17.6 Å². The van der Waals surface area contributed by atoms with Gasteiger partial charge in [0.25, 0.3) is 0 Å². The molecule has 0 radical (unpaired) electrons. The van der Waals surface area contributed by atoms with Gasteiger partial charge in [-0.3, -0.25) is 9.78 Å². The lowest BCUT2D eigenvalue weighted by atomic mass is 9.86. The van der Waals surface area contributed by atoms with Crippen LogP contribution >= 0.6 is 0 Å². The molecule has 7 nitrogen and oxygen atoms in total. The molecule has 1 aliphatic carbocycles. The molecule has 8 heteroatoms. The van der Waals surface area contributed by atoms with Gasteiger partial charge in [-0.15, -0.1) is 0 Å². The van der Waals surface area contributed by atoms with E-state index in [9.17, 15) is 24.7 Å². The lowest BCUT2D eigenvalue weighted by molar-refractivity contribution is -0.139. The van der Waals surface area contributed by atoms with Crippen LogP contribution in [-0.2, 0) is 17.6 Å². The van der Waals surface area contributed by atoms with Gasteiger partial charge in [0.15, 0.2) is 0 Å². The highest BCUT2D eigenvalue weighted by Gasteiger charge is 2.26. The van der Waals surface area contributed by atoms with Crippen LogP contribution in [0.2, 0.25) is 0 Å². The van der Waals surface area contributed by atoms with E-state index >= 15 is 0 Å². The fraction of sp³-hybridized carbons (Fsp3) is 0.333. The summed E-state index contributed by atoms with van der Waals surface area (Å²) in [4.78, 5) is 20.3. The minimum Gasteiger partial charge on any atom is -0.481 e. The number of rotatable bonds is 8. The molecule has 3 aromatic rings. The molecule has 0 aliphatic heterocycles. The maximum Gasteiger partial charge on any atom is 0.305 e. The average Bonchev–Trinajstić information content (AvgIpc) is 3.05. The highest BCUT2D eigenvalue weighted by atomic mass is 19.1. The molecular formula is C30H30FN3O4. The molecule has 38 heavy (non-hydrogen) atoms. The Kier molecular flexibility index (Phi) is 8.30. The van der Waals surface area contributed by atoms with Crippen LogP contribution in [0.15, 0.2) is 42.6 Å². The van der Waals surface area contributed by atoms with E-state index in [0.717, 1.165) is 57.6 Å². The highest BCUT2D eigenvalue weighted by Crippen LogP contribution is 2.42. The van der Waals surface area contributed by atoms with Crippen molar-refractivity contribution < 1.29 is 24.5 Å². The third-order valence-corrected chi connectivity index (χ3v) is 6.69. The summed E-state index contributed by atoms with van der Waals surface area (Å²) in [5.41, 5.74) is 7.23. The Hall–Kier alpha value is -3.93. The number of hydrogen-bond acceptors (Lipinski definition) is 6. The van der Waals surface area contributed by atoms with E-state index in [4.69, 9.17) is 10.1 Å². The van der Waals surface area contributed by atoms with Crippen molar-refractivity contribution in [3.63, 3.8) is 0 Å². The summed E-state index contributed by atoms with van der Waals surface area (Å²) in [5.74, 6) is -1.50. The van der Waals surface area contributed by atoms with Gasteiger partial charge in [-0.1, -0.05) is 38.1 Å². The number of aliphatic carboxylic acids is 1. The number of aromatic nitrogens is 2. The molecule has 2 atom stereocenters. The first-order chi connectivity index (χ1) is 18.2. The van der Waals surface area contributed by atoms with Crippen LogP contribution in [-0.4, -0.2) is 43.5 Å². The molecule has 0 fully saturated rings. The minimum absolute atomic E-state index is 0.00747. The SMILES string of the molecule is CC(C)c1nc2c(c(-c3ccc(F)cc3)c1/C=C/[C@@H](O)C[C@@H](O)CC(=O)O)CCCc1cc(C#N)ncc1-2. The van der Waals surface area contributed by atoms with E-state index < -0.39 is 24.6 Å². The molecular weight excluding hydrogens is 485 g/mol. The van der Waals surface area contributed by atoms with Gasteiger partial charge >= 0.3 is 5.97 Å². The zero-order valence-electron chi connectivity index (χ0n) is 21.4. The third kappa shape index (κ3) is 5.96. The first-order valence-corrected chi connectivity index (χ1v) is 12.7. The molecule has 1 aliphatic rings. The second kappa shape index (κ2) is 11.6. The standard InChI is InChI=1S/C30H30FN3O4/c1-17(2)29-25(11-10-22(35)13-23(36)14-27(37)38)28(18-6-8-20(31)9-7-18)24-5-3-4-19-12-21(15-32)33-16-26(19)30(24)34-29/h6-12,16-17,22-23,35-36H,3-5,13-14H2,1-2H3,(H,37,38)/b11-10+/t22-,23-/m1/s1. The van der Waals surface area contributed by atoms with Crippen LogP contribution < -0.4 is 0 Å². The summed E-state index contributed by atoms with van der Waals surface area (Å²) >= 11 is 0. The first kappa shape index (κ1) is 27.1. The summed E-state index contributed by atoms with van der Waals surface area (Å²) in [6.45, 7) is 4.03. The van der Waals surface area contributed by atoms with Crippen LogP contribution in [0.1, 0.15) is 67.1 Å². The second-order valence-corrected chi connectivity index (χ2v) is 9.88. The number of halogens is 1. The fourth-order valence-electron chi connectivity index (χ4n) is 4.96. The topological polar surface area (TPSA) is 127 Å². The quantitative estimate of drug-likeness (QED) is 0.384. The average molecular weight is 516 g/mol. The molecule has 0 unspecified atom stereocenters. The van der Waals surface area contributed by atoms with Crippen molar-refractivity contribution >= 4 is 12.0 Å². The number of aliphatic hydroxyl groups is 2. The fourth-order valence-corrected chi connectivity index (χ4v) is 4.96. The number of fused-ring (bicyclic) bond motifs is 3. The number of carboxylic acid groups (broad SMARTS) is 1. The highest BCUT2D eigenvalue weighted by molar-refractivity contribution is 5.85. The third-order valence-electron chi connectivity index (χ3n) is 6.69. The Morgan fingerprint density at radius 3 is 2.61 bits per heavy atom. The van der Waals surface area contributed by atoms with Crippen LogP contribution in [0.25, 0.3) is 28.5 Å². The normalized spacial score (nSPS) is 14.4. The molecule has 0 saturated heterocycles. The molecule has 0 amide bonds. The molecule has 4 rings (SSSR count). The van der Waals surface area contributed by atoms with Crippen molar-refractivity contribution in [2.45, 2.75) is 64.1 Å². The largest absolute Gasteiger partial charge is 0.481 e. The van der Waals surface area contributed by atoms with E-state index in [-0.39, 0.29) is 18.2 Å². The molecule has 2 heterocycles. The van der Waals surface area contributed by atoms with E-state index in [2.05, 4.69) is 11.1 Å². The van der Waals surface area contributed by atoms with Gasteiger partial charge in [-0.25, -0.2) is 9.37 Å². The number of aryl methyl sites for hydroxylation is 1. The van der Waals surface area contributed by atoms with Gasteiger partial charge in [0, 0.05) is 23.7 Å². The summed E-state index contributed by atoms with van der Waals surface area (Å²) in [7, 11) is 0. The molecule has 1 aromatic carbocycles. The maximum atomic E-state index is 13.9. The maximum absolute atomic E-state index is 13.9. The predicted octanol–water partition coefficient (Wildman–Crippen LogP) is 5.03. The van der Waals surface area contributed by atoms with Crippen LogP contribution in [0.5, 0.6) is 0 Å². The van der Waals surface area contributed by atoms with Crippen LogP contribution in [0, 0.1) is 17.1 Å². The predicted molar refractivity (Wildman–Crippen MR) is 142 cm³/mol. The Labute approximate surface area is 221 Å². The number of pyridine rings is 2. The number of hydrogen-bond donors (Lipinski definition) is 3. The van der Waals surface area contributed by atoms with Crippen molar-refractivity contribution in [3.8, 4) is 28.5 Å². The molecule has 3 N–H and O–H groups in total. The Morgan fingerprint density at radius 1 is 1.21 bits per heavy atom. The minimum atomic E-state index is -1.18. The van der Waals surface area contributed by atoms with Crippen molar-refractivity contribution in [3.05, 3.63) is 76.5 Å². The number of benzene rings is 1. The number of nitriles is 1. The Bertz CT molecular complexity index is 1410. The first-order valence-electron chi connectivity index (χ1n) is 12.7. The zero-order chi connectivity index (χ0) is 27.4. The van der Waals surface area contributed by atoms with Crippen LogP contribution in [0.4, 0.5) is 4.39 Å². The smallest absolute Gasteiger partial charge is 0.305 e. The van der Waals surface area contributed by atoms with Crippen LogP contribution in [0.3, 0.4) is 0 Å². The van der Waals surface area contributed by atoms with Crippen molar-refractivity contribution in [1.82, 2.24) is 9.97 Å².